The number of nitrogens with one attached hydrogen (secondary N) is 2. The Hall–Kier alpha value is -2.91. The molecule has 0 spiro atoms. The van der Waals surface area contributed by atoms with Crippen LogP contribution in [0.15, 0.2) is 47.4 Å². The molecular weight excluding hydrogens is 466 g/mol. The van der Waals surface area contributed by atoms with Gasteiger partial charge in [0.15, 0.2) is 0 Å². The van der Waals surface area contributed by atoms with Crippen LogP contribution in [0.4, 0.5) is 5.69 Å². The molecule has 0 aliphatic carbocycles. The van der Waals surface area contributed by atoms with E-state index in [0.29, 0.717) is 30.9 Å². The highest BCUT2D eigenvalue weighted by molar-refractivity contribution is 7.92. The topological polar surface area (TPSA) is 105 Å². The minimum absolute atomic E-state index is 0.0482. The van der Waals surface area contributed by atoms with Crippen molar-refractivity contribution in [1.82, 2.24) is 10.2 Å². The van der Waals surface area contributed by atoms with Crippen LogP contribution in [0.5, 0.6) is 0 Å². The first kappa shape index (κ1) is 25.2. The summed E-state index contributed by atoms with van der Waals surface area (Å²) in [4.78, 5) is 27.7. The average molecular weight is 500 g/mol. The molecule has 2 aromatic rings. The van der Waals surface area contributed by atoms with Crippen molar-refractivity contribution in [1.29, 1.82) is 0 Å². The minimum Gasteiger partial charge on any atom is -0.376 e. The Morgan fingerprint density at radius 3 is 2.63 bits per heavy atom. The number of likely N-dealkylation sites (tertiary alicyclic amines) is 1. The van der Waals surface area contributed by atoms with Crippen LogP contribution in [-0.4, -0.2) is 57.5 Å². The molecule has 188 valence electrons. The van der Waals surface area contributed by atoms with E-state index in [0.717, 1.165) is 43.4 Å². The number of sulfonamides is 1. The van der Waals surface area contributed by atoms with Gasteiger partial charge < -0.3 is 15.0 Å². The van der Waals surface area contributed by atoms with Gasteiger partial charge in [-0.1, -0.05) is 12.1 Å². The fourth-order valence-corrected chi connectivity index (χ4v) is 5.67. The molecule has 2 amide bonds. The van der Waals surface area contributed by atoms with Crippen molar-refractivity contribution in [2.75, 3.05) is 31.0 Å². The van der Waals surface area contributed by atoms with Crippen LogP contribution in [0.25, 0.3) is 0 Å². The zero-order chi connectivity index (χ0) is 25.0. The Morgan fingerprint density at radius 2 is 1.89 bits per heavy atom. The molecule has 2 N–H and O–H groups in total. The van der Waals surface area contributed by atoms with Crippen LogP contribution < -0.4 is 10.0 Å². The molecule has 2 atom stereocenters. The number of nitrogens with zero attached hydrogens (tertiary/aromatic N) is 1. The lowest BCUT2D eigenvalue weighted by atomic mass is 9.96. The maximum atomic E-state index is 13.2. The molecule has 0 saturated carbocycles. The predicted octanol–water partition coefficient (Wildman–Crippen LogP) is 3.25. The van der Waals surface area contributed by atoms with Crippen molar-refractivity contribution in [2.45, 2.75) is 50.5 Å². The summed E-state index contributed by atoms with van der Waals surface area (Å²) in [6.45, 7) is 5.94. The second kappa shape index (κ2) is 10.8. The van der Waals surface area contributed by atoms with Crippen molar-refractivity contribution < 1.29 is 22.7 Å². The molecular formula is C26H33N3O5S. The van der Waals surface area contributed by atoms with Gasteiger partial charge in [-0.3, -0.25) is 14.3 Å². The van der Waals surface area contributed by atoms with Crippen LogP contribution in [0, 0.1) is 19.8 Å². The third-order valence-electron chi connectivity index (χ3n) is 6.76. The van der Waals surface area contributed by atoms with Crippen LogP contribution >= 0.6 is 0 Å². The zero-order valence-corrected chi connectivity index (χ0v) is 21.1. The van der Waals surface area contributed by atoms with Gasteiger partial charge in [0.1, 0.15) is 0 Å². The molecule has 2 heterocycles. The summed E-state index contributed by atoms with van der Waals surface area (Å²) in [6, 6.07) is 11.4. The molecule has 2 aromatic carbocycles. The number of carbonyl (C=O) groups excluding carboxylic acids is 2. The number of hydrogen-bond acceptors (Lipinski definition) is 5. The number of amides is 2. The second-order valence-corrected chi connectivity index (χ2v) is 11.1. The summed E-state index contributed by atoms with van der Waals surface area (Å²) in [5.41, 5.74) is 2.59. The standard InChI is InChI=1S/C26H33N3O5S/c1-18-10-11-24(14-19(18)2)35(32,33)28-22-8-3-6-20(15-22)26(31)29-12-4-7-21(17-29)25(30)27-16-23-9-5-13-34-23/h3,6,8,10-11,14-15,21,23,28H,4-5,7,9,12-13,16-17H2,1-2H3,(H,27,30)/t21-,23+/m1/s1. The van der Waals surface area contributed by atoms with E-state index in [1.807, 2.05) is 13.8 Å². The van der Waals surface area contributed by atoms with Crippen LogP contribution in [0.3, 0.4) is 0 Å². The van der Waals surface area contributed by atoms with Gasteiger partial charge in [-0.2, -0.15) is 0 Å². The number of hydrogen-bond donors (Lipinski definition) is 2. The fourth-order valence-electron chi connectivity index (χ4n) is 4.53. The lowest BCUT2D eigenvalue weighted by molar-refractivity contribution is -0.126. The van der Waals surface area contributed by atoms with E-state index in [4.69, 9.17) is 4.74 Å². The molecule has 2 saturated heterocycles. The minimum atomic E-state index is -3.79. The molecule has 0 bridgehead atoms. The van der Waals surface area contributed by atoms with E-state index in [9.17, 15) is 18.0 Å². The van der Waals surface area contributed by atoms with Crippen molar-refractivity contribution in [3.63, 3.8) is 0 Å². The highest BCUT2D eigenvalue weighted by atomic mass is 32.2. The summed E-state index contributed by atoms with van der Waals surface area (Å²) in [5, 5.41) is 2.97. The number of rotatable bonds is 7. The number of carbonyl (C=O) groups is 2. The van der Waals surface area contributed by atoms with Gasteiger partial charge in [-0.15, -0.1) is 0 Å². The molecule has 0 radical (unpaired) electrons. The molecule has 0 aromatic heterocycles. The number of aryl methyl sites for hydroxylation is 2. The second-order valence-electron chi connectivity index (χ2n) is 9.40. The first-order valence-corrected chi connectivity index (χ1v) is 13.6. The molecule has 0 unspecified atom stereocenters. The van der Waals surface area contributed by atoms with E-state index < -0.39 is 10.0 Å². The SMILES string of the molecule is Cc1ccc(S(=O)(=O)Nc2cccc(C(=O)N3CCC[C@@H](C(=O)NC[C@@H]4CCCO4)C3)c2)cc1C. The van der Waals surface area contributed by atoms with Gasteiger partial charge in [0.05, 0.1) is 16.9 Å². The van der Waals surface area contributed by atoms with Crippen molar-refractivity contribution in [2.24, 2.45) is 5.92 Å². The number of benzene rings is 2. The molecule has 2 aliphatic rings. The number of piperidine rings is 1. The fraction of sp³-hybridized carbons (Fsp3) is 0.462. The van der Waals surface area contributed by atoms with Crippen molar-refractivity contribution >= 4 is 27.5 Å². The smallest absolute Gasteiger partial charge is 0.261 e. The van der Waals surface area contributed by atoms with Crippen LogP contribution in [-0.2, 0) is 19.6 Å². The third kappa shape index (κ3) is 6.21. The van der Waals surface area contributed by atoms with Gasteiger partial charge in [0, 0.05) is 37.5 Å². The monoisotopic (exact) mass is 499 g/mol. The first-order chi connectivity index (χ1) is 16.7. The predicted molar refractivity (Wildman–Crippen MR) is 134 cm³/mol. The lowest BCUT2D eigenvalue weighted by Gasteiger charge is -2.32. The lowest BCUT2D eigenvalue weighted by Crippen LogP contribution is -2.46. The Bertz CT molecular complexity index is 1190. The summed E-state index contributed by atoms with van der Waals surface area (Å²) in [6.07, 6.45) is 3.53. The molecule has 8 nitrogen and oxygen atoms in total. The quantitative estimate of drug-likeness (QED) is 0.609. The maximum absolute atomic E-state index is 13.2. The highest BCUT2D eigenvalue weighted by Crippen LogP contribution is 2.23. The van der Waals surface area contributed by atoms with Gasteiger partial charge in [-0.25, -0.2) is 8.42 Å². The Morgan fingerprint density at radius 1 is 1.06 bits per heavy atom. The van der Waals surface area contributed by atoms with Gasteiger partial charge in [0.2, 0.25) is 5.91 Å². The molecule has 4 rings (SSSR count). The number of anilines is 1. The molecule has 2 fully saturated rings. The van der Waals surface area contributed by atoms with Crippen molar-refractivity contribution in [3.05, 3.63) is 59.2 Å². The summed E-state index contributed by atoms with van der Waals surface area (Å²) in [5.74, 6) is -0.526. The Labute approximate surface area is 207 Å². The molecule has 9 heteroatoms. The van der Waals surface area contributed by atoms with E-state index in [2.05, 4.69) is 10.0 Å². The first-order valence-electron chi connectivity index (χ1n) is 12.1. The van der Waals surface area contributed by atoms with E-state index in [1.54, 1.807) is 47.4 Å². The Kier molecular flexibility index (Phi) is 7.76. The third-order valence-corrected chi connectivity index (χ3v) is 8.14. The largest absolute Gasteiger partial charge is 0.376 e. The number of ether oxygens (including phenoxy) is 1. The molecule has 35 heavy (non-hydrogen) atoms. The van der Waals surface area contributed by atoms with Crippen molar-refractivity contribution in [3.8, 4) is 0 Å². The Balaban J connectivity index is 1.40. The zero-order valence-electron chi connectivity index (χ0n) is 20.2. The van der Waals surface area contributed by atoms with Crippen LogP contribution in [0.2, 0.25) is 0 Å². The molecule has 2 aliphatic heterocycles. The normalized spacial score (nSPS) is 20.5. The van der Waals surface area contributed by atoms with E-state index >= 15 is 0 Å². The summed E-state index contributed by atoms with van der Waals surface area (Å²) >= 11 is 0. The van der Waals surface area contributed by atoms with Gasteiger partial charge >= 0.3 is 0 Å². The van der Waals surface area contributed by atoms with E-state index in [-0.39, 0.29) is 28.7 Å². The van der Waals surface area contributed by atoms with E-state index in [1.165, 1.54) is 0 Å². The summed E-state index contributed by atoms with van der Waals surface area (Å²) < 4.78 is 33.9. The maximum Gasteiger partial charge on any atom is 0.261 e. The average Bonchev–Trinajstić information content (AvgIpc) is 3.37. The van der Waals surface area contributed by atoms with Gasteiger partial charge in [0.25, 0.3) is 15.9 Å². The van der Waals surface area contributed by atoms with Crippen LogP contribution in [0.1, 0.15) is 47.2 Å². The van der Waals surface area contributed by atoms with Gasteiger partial charge in [-0.05, 0) is 81.0 Å². The summed E-state index contributed by atoms with van der Waals surface area (Å²) in [7, 11) is -3.79. The highest BCUT2D eigenvalue weighted by Gasteiger charge is 2.30.